The summed E-state index contributed by atoms with van der Waals surface area (Å²) in [5.74, 6) is 0.273. The molecule has 1 N–H and O–H groups in total. The Bertz CT molecular complexity index is 1020. The lowest BCUT2D eigenvalue weighted by atomic mass is 9.84. The van der Waals surface area contributed by atoms with Crippen LogP contribution < -0.4 is 10.2 Å². The maximum absolute atomic E-state index is 13.6. The summed E-state index contributed by atoms with van der Waals surface area (Å²) in [6, 6.07) is 15.1. The largest absolute Gasteiger partial charge is 0.371 e. The number of hydrogen-bond acceptors (Lipinski definition) is 3. The molecule has 2 saturated heterocycles. The Morgan fingerprint density at radius 1 is 0.970 bits per heavy atom. The molecular weight excluding hydrogens is 434 g/mol. The lowest BCUT2D eigenvalue weighted by molar-refractivity contribution is -0.125. The van der Waals surface area contributed by atoms with Crippen LogP contribution in [0.4, 0.5) is 5.69 Å². The number of likely N-dealkylation sites (tertiary alicyclic amines) is 1. The molecule has 5 nitrogen and oxygen atoms in total. The number of fused-ring (bicyclic) bond motifs is 1. The van der Waals surface area contributed by atoms with Gasteiger partial charge in [-0.2, -0.15) is 0 Å². The second kappa shape index (κ2) is 9.76. The first-order valence-electron chi connectivity index (χ1n) is 12.3. The Labute approximate surface area is 201 Å². The van der Waals surface area contributed by atoms with E-state index in [0.717, 1.165) is 44.3 Å². The van der Waals surface area contributed by atoms with Gasteiger partial charge in [-0.1, -0.05) is 48.7 Å². The molecule has 3 unspecified atom stereocenters. The standard InChI is InChI=1S/C27H32ClN3O2/c28-22-11-7-10-20(16-22)27(33)31-24-13-4-1-8-19(24)17-25(31)26(32)29-18-21-9-2-3-12-23(21)30-14-5-6-15-30/h2-3,7,9-12,16,19,24-25H,1,4-6,8,13-15,17-18H2,(H,29,32). The number of nitrogens with zero attached hydrogens (tertiary/aromatic N) is 2. The minimum Gasteiger partial charge on any atom is -0.371 e. The van der Waals surface area contributed by atoms with Gasteiger partial charge in [-0.15, -0.1) is 0 Å². The molecule has 5 rings (SSSR count). The number of carbonyl (C=O) groups is 2. The van der Waals surface area contributed by atoms with Crippen LogP contribution in [0.5, 0.6) is 0 Å². The Hall–Kier alpha value is -2.53. The third kappa shape index (κ3) is 4.61. The molecule has 0 spiro atoms. The van der Waals surface area contributed by atoms with Crippen molar-refractivity contribution < 1.29 is 9.59 Å². The van der Waals surface area contributed by atoms with Gasteiger partial charge < -0.3 is 15.1 Å². The zero-order chi connectivity index (χ0) is 22.8. The van der Waals surface area contributed by atoms with E-state index >= 15 is 0 Å². The number of rotatable bonds is 5. The number of nitrogens with one attached hydrogen (secondary N) is 1. The molecule has 1 saturated carbocycles. The van der Waals surface area contributed by atoms with Crippen molar-refractivity contribution in [1.82, 2.24) is 10.2 Å². The molecule has 6 heteroatoms. The molecule has 1 aliphatic carbocycles. The van der Waals surface area contributed by atoms with E-state index in [-0.39, 0.29) is 17.9 Å². The van der Waals surface area contributed by atoms with Crippen LogP contribution in [0.3, 0.4) is 0 Å². The van der Waals surface area contributed by atoms with Crippen LogP contribution in [0, 0.1) is 5.92 Å². The average molecular weight is 466 g/mol. The van der Waals surface area contributed by atoms with Crippen LogP contribution in [0.1, 0.15) is 60.9 Å². The maximum atomic E-state index is 13.6. The lowest BCUT2D eigenvalue weighted by Gasteiger charge is -2.33. The molecular formula is C27H32ClN3O2. The highest BCUT2D eigenvalue weighted by atomic mass is 35.5. The molecule has 174 valence electrons. The molecule has 2 amide bonds. The molecule has 0 bridgehead atoms. The Morgan fingerprint density at radius 2 is 1.76 bits per heavy atom. The first-order valence-corrected chi connectivity index (χ1v) is 12.7. The maximum Gasteiger partial charge on any atom is 0.254 e. The van der Waals surface area contributed by atoms with E-state index < -0.39 is 6.04 Å². The van der Waals surface area contributed by atoms with Gasteiger partial charge in [0.15, 0.2) is 0 Å². The normalized spacial score (nSPS) is 24.6. The highest BCUT2D eigenvalue weighted by molar-refractivity contribution is 6.31. The summed E-state index contributed by atoms with van der Waals surface area (Å²) in [5.41, 5.74) is 2.91. The molecule has 2 aliphatic heterocycles. The van der Waals surface area contributed by atoms with Crippen LogP contribution in [-0.2, 0) is 11.3 Å². The van der Waals surface area contributed by atoms with Gasteiger partial charge in [-0.05, 0) is 67.9 Å². The van der Waals surface area contributed by atoms with Gasteiger partial charge in [0.1, 0.15) is 6.04 Å². The Kier molecular flexibility index (Phi) is 6.59. The van der Waals surface area contributed by atoms with Gasteiger partial charge in [-0.3, -0.25) is 9.59 Å². The summed E-state index contributed by atoms with van der Waals surface area (Å²) in [6.07, 6.45) is 7.52. The number of hydrogen-bond donors (Lipinski definition) is 1. The molecule has 2 aromatic rings. The number of halogens is 1. The van der Waals surface area contributed by atoms with Gasteiger partial charge in [0, 0.05) is 41.9 Å². The first kappa shape index (κ1) is 22.3. The quantitative estimate of drug-likeness (QED) is 0.673. The smallest absolute Gasteiger partial charge is 0.254 e. The van der Waals surface area contributed by atoms with Crippen LogP contribution >= 0.6 is 11.6 Å². The lowest BCUT2D eigenvalue weighted by Crippen LogP contribution is -2.49. The summed E-state index contributed by atoms with van der Waals surface area (Å²) < 4.78 is 0. The second-order valence-corrected chi connectivity index (χ2v) is 10.1. The minimum absolute atomic E-state index is 0.0454. The van der Waals surface area contributed by atoms with E-state index in [9.17, 15) is 9.59 Å². The summed E-state index contributed by atoms with van der Waals surface area (Å²) >= 11 is 6.16. The van der Waals surface area contributed by atoms with E-state index in [0.29, 0.717) is 23.0 Å². The van der Waals surface area contributed by atoms with Crippen molar-refractivity contribution in [3.63, 3.8) is 0 Å². The topological polar surface area (TPSA) is 52.7 Å². The Morgan fingerprint density at radius 3 is 2.58 bits per heavy atom. The molecule has 2 aromatic carbocycles. The number of amides is 2. The summed E-state index contributed by atoms with van der Waals surface area (Å²) in [6.45, 7) is 2.62. The highest BCUT2D eigenvalue weighted by Gasteiger charge is 2.47. The number of para-hydroxylation sites is 1. The van der Waals surface area contributed by atoms with Gasteiger partial charge in [0.05, 0.1) is 0 Å². The van der Waals surface area contributed by atoms with Gasteiger partial charge >= 0.3 is 0 Å². The molecule has 2 heterocycles. The monoisotopic (exact) mass is 465 g/mol. The van der Waals surface area contributed by atoms with Crippen molar-refractivity contribution in [2.24, 2.45) is 5.92 Å². The highest BCUT2D eigenvalue weighted by Crippen LogP contribution is 2.40. The first-order chi connectivity index (χ1) is 16.1. The third-order valence-electron chi connectivity index (χ3n) is 7.59. The molecule has 0 aromatic heterocycles. The fraction of sp³-hybridized carbons (Fsp3) is 0.481. The average Bonchev–Trinajstić information content (AvgIpc) is 3.50. The van der Waals surface area contributed by atoms with Crippen molar-refractivity contribution in [2.45, 2.75) is 63.6 Å². The van der Waals surface area contributed by atoms with Crippen molar-refractivity contribution in [3.8, 4) is 0 Å². The van der Waals surface area contributed by atoms with Crippen LogP contribution in [0.2, 0.25) is 5.02 Å². The van der Waals surface area contributed by atoms with Gasteiger partial charge in [0.2, 0.25) is 5.91 Å². The third-order valence-corrected chi connectivity index (χ3v) is 7.82. The zero-order valence-corrected chi connectivity index (χ0v) is 19.8. The van der Waals surface area contributed by atoms with E-state index in [1.165, 1.54) is 24.9 Å². The van der Waals surface area contributed by atoms with E-state index in [4.69, 9.17) is 11.6 Å². The van der Waals surface area contributed by atoms with Crippen LogP contribution in [-0.4, -0.2) is 41.9 Å². The fourth-order valence-corrected chi connectivity index (χ4v) is 6.17. The fourth-order valence-electron chi connectivity index (χ4n) is 5.98. The zero-order valence-electron chi connectivity index (χ0n) is 19.0. The predicted octanol–water partition coefficient (Wildman–Crippen LogP) is 5.03. The number of carbonyl (C=O) groups excluding carboxylic acids is 2. The van der Waals surface area contributed by atoms with Crippen molar-refractivity contribution in [3.05, 3.63) is 64.7 Å². The van der Waals surface area contributed by atoms with Crippen LogP contribution in [0.25, 0.3) is 0 Å². The summed E-state index contributed by atoms with van der Waals surface area (Å²) in [4.78, 5) is 31.3. The van der Waals surface area contributed by atoms with Gasteiger partial charge in [-0.25, -0.2) is 0 Å². The molecule has 3 atom stereocenters. The number of anilines is 1. The molecule has 3 aliphatic rings. The Balaban J connectivity index is 1.34. The van der Waals surface area contributed by atoms with E-state index in [2.05, 4.69) is 28.4 Å². The van der Waals surface area contributed by atoms with E-state index in [1.54, 1.807) is 24.3 Å². The van der Waals surface area contributed by atoms with Crippen LogP contribution in [0.15, 0.2) is 48.5 Å². The number of benzene rings is 2. The van der Waals surface area contributed by atoms with Crippen molar-refractivity contribution in [2.75, 3.05) is 18.0 Å². The molecule has 33 heavy (non-hydrogen) atoms. The molecule has 0 radical (unpaired) electrons. The second-order valence-electron chi connectivity index (χ2n) is 9.63. The van der Waals surface area contributed by atoms with Crippen molar-refractivity contribution in [1.29, 1.82) is 0 Å². The SMILES string of the molecule is O=C(NCc1ccccc1N1CCCC1)C1CC2CCCCC2N1C(=O)c1cccc(Cl)c1. The van der Waals surface area contributed by atoms with E-state index in [1.807, 2.05) is 11.0 Å². The van der Waals surface area contributed by atoms with Gasteiger partial charge in [0.25, 0.3) is 5.91 Å². The minimum atomic E-state index is -0.427. The summed E-state index contributed by atoms with van der Waals surface area (Å²) in [7, 11) is 0. The summed E-state index contributed by atoms with van der Waals surface area (Å²) in [5, 5.41) is 3.72. The predicted molar refractivity (Wildman–Crippen MR) is 132 cm³/mol. The molecule has 3 fully saturated rings. The van der Waals surface area contributed by atoms with Crippen molar-refractivity contribution >= 4 is 29.1 Å².